The number of methoxy groups -OCH3 is 1. The van der Waals surface area contributed by atoms with Gasteiger partial charge < -0.3 is 4.74 Å². The van der Waals surface area contributed by atoms with Gasteiger partial charge in [0.1, 0.15) is 11.7 Å². The van der Waals surface area contributed by atoms with Crippen LogP contribution in [0.15, 0.2) is 41.9 Å². The summed E-state index contributed by atoms with van der Waals surface area (Å²) in [5.74, 6) is 0.595. The number of hydrogen-bond acceptors (Lipinski definition) is 4. The van der Waals surface area contributed by atoms with Crippen LogP contribution in [0.2, 0.25) is 0 Å². The van der Waals surface area contributed by atoms with Gasteiger partial charge in [-0.15, -0.1) is 18.3 Å². The summed E-state index contributed by atoms with van der Waals surface area (Å²) in [6.07, 6.45) is 1.99. The molecule has 108 valence electrons. The van der Waals surface area contributed by atoms with Crippen molar-refractivity contribution in [3.63, 3.8) is 0 Å². The number of nitrogens with zero attached hydrogens (tertiary/aromatic N) is 2. The van der Waals surface area contributed by atoms with Crippen molar-refractivity contribution >= 4 is 22.7 Å². The molecule has 2 rings (SSSR count). The van der Waals surface area contributed by atoms with E-state index in [0.717, 1.165) is 11.3 Å². The summed E-state index contributed by atoms with van der Waals surface area (Å²) in [7, 11) is 1.60. The lowest BCUT2D eigenvalue weighted by molar-refractivity contribution is -0.118. The van der Waals surface area contributed by atoms with Gasteiger partial charge in [-0.05, 0) is 17.7 Å². The molecule has 1 amide bonds. The van der Waals surface area contributed by atoms with E-state index in [2.05, 4.69) is 17.6 Å². The fourth-order valence-electron chi connectivity index (χ4n) is 2.31. The molecule has 0 spiro atoms. The van der Waals surface area contributed by atoms with Crippen molar-refractivity contribution in [1.29, 1.82) is 5.26 Å². The number of rotatable bonds is 4. The van der Waals surface area contributed by atoms with Crippen LogP contribution >= 0.6 is 11.8 Å². The highest BCUT2D eigenvalue weighted by Gasteiger charge is 2.34. The van der Waals surface area contributed by atoms with E-state index in [1.165, 1.54) is 11.8 Å². The van der Waals surface area contributed by atoms with Crippen LogP contribution in [0.5, 0.6) is 5.75 Å². The zero-order valence-electron chi connectivity index (χ0n) is 11.8. The fourth-order valence-corrected chi connectivity index (χ4v) is 3.16. The Labute approximate surface area is 128 Å². The molecule has 0 radical (unpaired) electrons. The Hall–Kier alpha value is -2.06. The van der Waals surface area contributed by atoms with Crippen molar-refractivity contribution < 1.29 is 9.53 Å². The first kappa shape index (κ1) is 15.3. The summed E-state index contributed by atoms with van der Waals surface area (Å²) >= 11 is 1.40. The van der Waals surface area contributed by atoms with Gasteiger partial charge in [0.15, 0.2) is 0 Å². The normalized spacial score (nSPS) is 21.3. The number of benzene rings is 1. The largest absolute Gasteiger partial charge is 0.497 e. The number of carbonyl (C=O) groups is 1. The molecule has 1 aliphatic heterocycles. The highest BCUT2D eigenvalue weighted by molar-refractivity contribution is 8.14. The number of nitriles is 1. The maximum absolute atomic E-state index is 11.9. The number of amides is 1. The van der Waals surface area contributed by atoms with E-state index in [4.69, 9.17) is 4.74 Å². The quantitative estimate of drug-likeness (QED) is 0.801. The molecule has 1 heterocycles. The van der Waals surface area contributed by atoms with E-state index in [-0.39, 0.29) is 18.2 Å². The Morgan fingerprint density at radius 1 is 1.62 bits per heavy atom. The third-order valence-electron chi connectivity index (χ3n) is 3.31. The third-order valence-corrected chi connectivity index (χ3v) is 4.35. The van der Waals surface area contributed by atoms with Crippen LogP contribution in [-0.4, -0.2) is 23.8 Å². The predicted octanol–water partition coefficient (Wildman–Crippen LogP) is 3.17. The zero-order chi connectivity index (χ0) is 15.2. The molecule has 2 atom stereocenters. The zero-order valence-corrected chi connectivity index (χ0v) is 12.6. The molecule has 1 aliphatic rings. The smallest absolute Gasteiger partial charge is 0.247 e. The van der Waals surface area contributed by atoms with E-state index >= 15 is 0 Å². The average Bonchev–Trinajstić information content (AvgIpc) is 2.52. The van der Waals surface area contributed by atoms with Gasteiger partial charge in [0.05, 0.1) is 18.2 Å². The highest BCUT2D eigenvalue weighted by Crippen LogP contribution is 2.37. The van der Waals surface area contributed by atoms with E-state index in [1.54, 1.807) is 13.2 Å². The Balaban J connectivity index is 2.34. The Morgan fingerprint density at radius 3 is 3.10 bits per heavy atom. The molecule has 5 heteroatoms. The number of aliphatic imine (C=N–C) groups is 1. The van der Waals surface area contributed by atoms with Gasteiger partial charge in [-0.2, -0.15) is 5.26 Å². The SMILES string of the molecule is C=CCSC1=NC(=O)CC(c2cccc(OC)c2)C1C#N. The topological polar surface area (TPSA) is 62.4 Å². The van der Waals surface area contributed by atoms with Crippen molar-refractivity contribution in [1.82, 2.24) is 0 Å². The summed E-state index contributed by atoms with van der Waals surface area (Å²) in [4.78, 5) is 15.9. The lowest BCUT2D eigenvalue weighted by Gasteiger charge is -2.26. The third kappa shape index (κ3) is 3.53. The molecule has 4 nitrogen and oxygen atoms in total. The van der Waals surface area contributed by atoms with Gasteiger partial charge in [-0.3, -0.25) is 4.79 Å². The minimum Gasteiger partial charge on any atom is -0.497 e. The van der Waals surface area contributed by atoms with E-state index < -0.39 is 5.92 Å². The van der Waals surface area contributed by atoms with Crippen molar-refractivity contribution in [3.8, 4) is 11.8 Å². The van der Waals surface area contributed by atoms with E-state index in [9.17, 15) is 10.1 Å². The lowest BCUT2D eigenvalue weighted by Crippen LogP contribution is -2.27. The molecule has 1 aromatic rings. The first-order valence-corrected chi connectivity index (χ1v) is 7.56. The van der Waals surface area contributed by atoms with Crippen molar-refractivity contribution in [2.45, 2.75) is 12.3 Å². The van der Waals surface area contributed by atoms with Crippen LogP contribution in [0.1, 0.15) is 17.9 Å². The fraction of sp³-hybridized carbons (Fsp3) is 0.312. The lowest BCUT2D eigenvalue weighted by atomic mass is 9.83. The molecular weight excluding hydrogens is 284 g/mol. The van der Waals surface area contributed by atoms with Crippen molar-refractivity contribution in [2.75, 3.05) is 12.9 Å². The molecule has 0 saturated heterocycles. The van der Waals surface area contributed by atoms with Gasteiger partial charge in [0.2, 0.25) is 5.91 Å². The van der Waals surface area contributed by atoms with Crippen LogP contribution in [-0.2, 0) is 4.79 Å². The second kappa shape index (κ2) is 7.09. The van der Waals surface area contributed by atoms with Crippen molar-refractivity contribution in [3.05, 3.63) is 42.5 Å². The molecule has 0 aromatic heterocycles. The molecule has 21 heavy (non-hydrogen) atoms. The second-order valence-corrected chi connectivity index (χ2v) is 5.68. The van der Waals surface area contributed by atoms with Gasteiger partial charge in [-0.25, -0.2) is 4.99 Å². The van der Waals surface area contributed by atoms with Gasteiger partial charge in [-0.1, -0.05) is 18.2 Å². The Morgan fingerprint density at radius 2 is 2.43 bits per heavy atom. The number of hydrogen-bond donors (Lipinski definition) is 0. The van der Waals surface area contributed by atoms with Gasteiger partial charge >= 0.3 is 0 Å². The molecule has 0 aliphatic carbocycles. The van der Waals surface area contributed by atoms with E-state index in [0.29, 0.717) is 10.8 Å². The maximum Gasteiger partial charge on any atom is 0.247 e. The Kier molecular flexibility index (Phi) is 5.18. The minimum atomic E-state index is -0.403. The predicted molar refractivity (Wildman–Crippen MR) is 84.6 cm³/mol. The summed E-state index contributed by atoms with van der Waals surface area (Å²) in [6, 6.07) is 9.81. The van der Waals surface area contributed by atoms with Gasteiger partial charge in [0.25, 0.3) is 0 Å². The minimum absolute atomic E-state index is 0.178. The van der Waals surface area contributed by atoms with Crippen molar-refractivity contribution in [2.24, 2.45) is 10.9 Å². The summed E-state index contributed by atoms with van der Waals surface area (Å²) in [5.41, 5.74) is 0.931. The molecule has 0 fully saturated rings. The molecular formula is C16H16N2O2S. The standard InChI is InChI=1S/C16H16N2O2S/c1-3-7-21-16-14(10-17)13(9-15(19)18-16)11-5-4-6-12(8-11)20-2/h3-6,8,13-14H,1,7,9H2,2H3. The molecule has 2 unspecified atom stereocenters. The number of ether oxygens (including phenoxy) is 1. The van der Waals surface area contributed by atoms with Crippen LogP contribution in [0, 0.1) is 17.2 Å². The Bertz CT molecular complexity index is 619. The number of thioether (sulfide) groups is 1. The van der Waals surface area contributed by atoms with Crippen LogP contribution < -0.4 is 4.74 Å². The summed E-state index contributed by atoms with van der Waals surface area (Å²) in [6.45, 7) is 3.65. The molecule has 1 aromatic carbocycles. The second-order valence-electron chi connectivity index (χ2n) is 4.64. The van der Waals surface area contributed by atoms with Gasteiger partial charge in [0, 0.05) is 18.1 Å². The van der Waals surface area contributed by atoms with Crippen LogP contribution in [0.3, 0.4) is 0 Å². The summed E-state index contributed by atoms with van der Waals surface area (Å²) < 4.78 is 5.22. The highest BCUT2D eigenvalue weighted by atomic mass is 32.2. The molecule has 0 saturated carbocycles. The van der Waals surface area contributed by atoms with Crippen LogP contribution in [0.25, 0.3) is 0 Å². The first-order valence-electron chi connectivity index (χ1n) is 6.58. The molecule has 0 bridgehead atoms. The maximum atomic E-state index is 11.9. The monoisotopic (exact) mass is 300 g/mol. The summed E-state index contributed by atoms with van der Waals surface area (Å²) in [5, 5.41) is 10.1. The first-order chi connectivity index (χ1) is 10.2. The number of carbonyl (C=O) groups excluding carboxylic acids is 1. The molecule has 0 N–H and O–H groups in total. The average molecular weight is 300 g/mol. The van der Waals surface area contributed by atoms with Crippen LogP contribution in [0.4, 0.5) is 0 Å². The van der Waals surface area contributed by atoms with E-state index in [1.807, 2.05) is 24.3 Å².